The Morgan fingerprint density at radius 1 is 0.900 bits per heavy atom. The van der Waals surface area contributed by atoms with Gasteiger partial charge in [-0.05, 0) is 35.7 Å². The Morgan fingerprint density at radius 2 is 1.55 bits per heavy atom. The van der Waals surface area contributed by atoms with Gasteiger partial charge in [0, 0.05) is 15.5 Å². The van der Waals surface area contributed by atoms with Crippen LogP contribution in [0.25, 0.3) is 0 Å². The highest BCUT2D eigenvalue weighted by molar-refractivity contribution is 6.33. The van der Waals surface area contributed by atoms with Gasteiger partial charge in [-0.1, -0.05) is 53.5 Å². The first-order valence-corrected chi connectivity index (χ1v) is 7.08. The highest BCUT2D eigenvalue weighted by Gasteiger charge is 2.32. The van der Waals surface area contributed by atoms with E-state index in [1.54, 1.807) is 18.2 Å². The van der Waals surface area contributed by atoms with Gasteiger partial charge >= 0.3 is 0 Å². The summed E-state index contributed by atoms with van der Waals surface area (Å²) in [4.78, 5) is 0. The molecule has 0 saturated heterocycles. The molecule has 106 valence electrons. The first kappa shape index (κ1) is 15.3. The van der Waals surface area contributed by atoms with E-state index in [0.717, 1.165) is 11.1 Å². The Kier molecular flexibility index (Phi) is 5.06. The zero-order valence-electron chi connectivity index (χ0n) is 10.9. The molecule has 20 heavy (non-hydrogen) atoms. The monoisotopic (exact) mass is 310 g/mol. The van der Waals surface area contributed by atoms with E-state index in [9.17, 15) is 10.2 Å². The van der Waals surface area contributed by atoms with Crippen molar-refractivity contribution in [2.45, 2.75) is 11.8 Å². The van der Waals surface area contributed by atoms with Crippen LogP contribution in [0.5, 0.6) is 0 Å². The van der Waals surface area contributed by atoms with Crippen LogP contribution in [0, 0.1) is 0 Å². The van der Waals surface area contributed by atoms with E-state index in [1.165, 1.54) is 0 Å². The molecule has 0 aliphatic carbocycles. The van der Waals surface area contributed by atoms with Gasteiger partial charge in [0.1, 0.15) is 0 Å². The van der Waals surface area contributed by atoms with Gasteiger partial charge in [-0.25, -0.2) is 0 Å². The molecule has 0 heterocycles. The highest BCUT2D eigenvalue weighted by Crippen LogP contribution is 2.32. The van der Waals surface area contributed by atoms with Gasteiger partial charge in [0.25, 0.3) is 0 Å². The highest BCUT2D eigenvalue weighted by atomic mass is 35.5. The summed E-state index contributed by atoms with van der Waals surface area (Å²) in [6, 6.07) is 14.7. The fourth-order valence-electron chi connectivity index (χ4n) is 2.28. The van der Waals surface area contributed by atoms with Crippen molar-refractivity contribution >= 4 is 23.2 Å². The molecule has 0 radical (unpaired) electrons. The smallest absolute Gasteiger partial charge is 0.0553 e. The SMILES string of the molecule is OCC(CO)(Cc1cc(Cl)ccc1Cl)c1ccccc1. The van der Waals surface area contributed by atoms with Crippen molar-refractivity contribution in [3.63, 3.8) is 0 Å². The Morgan fingerprint density at radius 3 is 2.15 bits per heavy atom. The first-order valence-electron chi connectivity index (χ1n) is 6.32. The largest absolute Gasteiger partial charge is 0.395 e. The minimum Gasteiger partial charge on any atom is -0.395 e. The number of aliphatic hydroxyl groups excluding tert-OH is 2. The average Bonchev–Trinajstić information content (AvgIpc) is 2.49. The molecule has 0 saturated carbocycles. The molecule has 2 N–H and O–H groups in total. The summed E-state index contributed by atoms with van der Waals surface area (Å²) in [7, 11) is 0. The third kappa shape index (κ3) is 3.15. The van der Waals surface area contributed by atoms with Gasteiger partial charge in [0.05, 0.1) is 13.2 Å². The Balaban J connectivity index is 2.42. The maximum atomic E-state index is 9.82. The van der Waals surface area contributed by atoms with Gasteiger partial charge in [-0.3, -0.25) is 0 Å². The summed E-state index contributed by atoms with van der Waals surface area (Å²) in [6.07, 6.45) is 0.420. The minimum atomic E-state index is -0.768. The standard InChI is InChI=1S/C16H16Cl2O2/c17-14-6-7-15(18)12(8-14)9-16(10-19,11-20)13-4-2-1-3-5-13/h1-8,19-20H,9-11H2. The third-order valence-corrected chi connectivity index (χ3v) is 4.13. The Labute approximate surface area is 128 Å². The van der Waals surface area contributed by atoms with Crippen LogP contribution < -0.4 is 0 Å². The second-order valence-electron chi connectivity index (χ2n) is 4.88. The van der Waals surface area contributed by atoms with Crippen molar-refractivity contribution in [3.8, 4) is 0 Å². The molecule has 2 rings (SSSR count). The molecule has 0 fully saturated rings. The predicted molar refractivity (Wildman–Crippen MR) is 82.5 cm³/mol. The number of aliphatic hydroxyl groups is 2. The number of hydrogen-bond donors (Lipinski definition) is 2. The lowest BCUT2D eigenvalue weighted by molar-refractivity contribution is 0.116. The summed E-state index contributed by atoms with van der Waals surface area (Å²) in [6.45, 7) is -0.341. The van der Waals surface area contributed by atoms with E-state index in [2.05, 4.69) is 0 Å². The summed E-state index contributed by atoms with van der Waals surface area (Å²) in [5.74, 6) is 0. The van der Waals surface area contributed by atoms with E-state index in [0.29, 0.717) is 16.5 Å². The van der Waals surface area contributed by atoms with Crippen LogP contribution in [-0.4, -0.2) is 23.4 Å². The predicted octanol–water partition coefficient (Wildman–Crippen LogP) is 3.46. The van der Waals surface area contributed by atoms with E-state index >= 15 is 0 Å². The molecule has 0 amide bonds. The second-order valence-corrected chi connectivity index (χ2v) is 5.72. The van der Waals surface area contributed by atoms with Crippen LogP contribution in [0.1, 0.15) is 11.1 Å². The molecule has 0 aromatic heterocycles. The molecule has 2 aromatic rings. The van der Waals surface area contributed by atoms with Crippen LogP contribution in [0.4, 0.5) is 0 Å². The third-order valence-electron chi connectivity index (χ3n) is 3.53. The van der Waals surface area contributed by atoms with Gasteiger partial charge in [0.15, 0.2) is 0 Å². The molecule has 0 aliphatic heterocycles. The zero-order valence-corrected chi connectivity index (χ0v) is 12.4. The van der Waals surface area contributed by atoms with Crippen LogP contribution in [-0.2, 0) is 11.8 Å². The molecular weight excluding hydrogens is 295 g/mol. The Bertz CT molecular complexity index is 566. The molecule has 4 heteroatoms. The number of benzene rings is 2. The first-order chi connectivity index (χ1) is 9.61. The summed E-state index contributed by atoms with van der Waals surface area (Å²) >= 11 is 12.2. The number of rotatable bonds is 5. The lowest BCUT2D eigenvalue weighted by Crippen LogP contribution is -2.37. The van der Waals surface area contributed by atoms with Crippen molar-refractivity contribution in [3.05, 3.63) is 69.7 Å². The molecule has 0 spiro atoms. The van der Waals surface area contributed by atoms with Crippen LogP contribution >= 0.6 is 23.2 Å². The molecule has 0 unspecified atom stereocenters. The second kappa shape index (κ2) is 6.59. The maximum Gasteiger partial charge on any atom is 0.0553 e. The van der Waals surface area contributed by atoms with E-state index in [4.69, 9.17) is 23.2 Å². The fraction of sp³-hybridized carbons (Fsp3) is 0.250. The minimum absolute atomic E-state index is 0.170. The average molecular weight is 311 g/mol. The van der Waals surface area contributed by atoms with Gasteiger partial charge in [0.2, 0.25) is 0 Å². The van der Waals surface area contributed by atoms with Crippen LogP contribution in [0.2, 0.25) is 10.0 Å². The topological polar surface area (TPSA) is 40.5 Å². The van der Waals surface area contributed by atoms with Crippen molar-refractivity contribution in [1.29, 1.82) is 0 Å². The fourth-order valence-corrected chi connectivity index (χ4v) is 2.66. The molecular formula is C16H16Cl2O2. The van der Waals surface area contributed by atoms with Crippen molar-refractivity contribution < 1.29 is 10.2 Å². The molecule has 2 nitrogen and oxygen atoms in total. The number of halogens is 2. The van der Waals surface area contributed by atoms with Crippen LogP contribution in [0.3, 0.4) is 0 Å². The van der Waals surface area contributed by atoms with Crippen molar-refractivity contribution in [1.82, 2.24) is 0 Å². The lowest BCUT2D eigenvalue weighted by Gasteiger charge is -2.31. The summed E-state index contributed by atoms with van der Waals surface area (Å²) in [5, 5.41) is 20.8. The van der Waals surface area contributed by atoms with Crippen molar-refractivity contribution in [2.24, 2.45) is 0 Å². The summed E-state index contributed by atoms with van der Waals surface area (Å²) < 4.78 is 0. The Hall–Kier alpha value is -1.06. The van der Waals surface area contributed by atoms with Gasteiger partial charge < -0.3 is 10.2 Å². The van der Waals surface area contributed by atoms with E-state index in [1.807, 2.05) is 30.3 Å². The zero-order chi connectivity index (χ0) is 14.6. The van der Waals surface area contributed by atoms with Crippen LogP contribution in [0.15, 0.2) is 48.5 Å². The van der Waals surface area contributed by atoms with E-state index in [-0.39, 0.29) is 13.2 Å². The molecule has 0 atom stereocenters. The molecule has 2 aromatic carbocycles. The number of hydrogen-bond acceptors (Lipinski definition) is 2. The molecule has 0 aliphatic rings. The molecule has 0 bridgehead atoms. The normalized spacial score (nSPS) is 11.6. The quantitative estimate of drug-likeness (QED) is 0.888. The van der Waals surface area contributed by atoms with Gasteiger partial charge in [-0.15, -0.1) is 0 Å². The van der Waals surface area contributed by atoms with Crippen molar-refractivity contribution in [2.75, 3.05) is 13.2 Å². The maximum absolute atomic E-state index is 9.82. The summed E-state index contributed by atoms with van der Waals surface area (Å²) in [5.41, 5.74) is 0.919. The lowest BCUT2D eigenvalue weighted by atomic mass is 9.77. The van der Waals surface area contributed by atoms with E-state index < -0.39 is 5.41 Å². The van der Waals surface area contributed by atoms with Gasteiger partial charge in [-0.2, -0.15) is 0 Å².